The van der Waals surface area contributed by atoms with E-state index in [0.29, 0.717) is 17.5 Å². The number of hydrogen-bond donors (Lipinski definition) is 0. The quantitative estimate of drug-likeness (QED) is 0.622. The van der Waals surface area contributed by atoms with Crippen molar-refractivity contribution in [3.8, 4) is 11.1 Å². The molecule has 0 unspecified atom stereocenters. The van der Waals surface area contributed by atoms with Crippen molar-refractivity contribution >= 4 is 23.5 Å². The summed E-state index contributed by atoms with van der Waals surface area (Å²) < 4.78 is 1.17. The Bertz CT molecular complexity index is 1180. The number of hydrogen-bond acceptors (Lipinski definition) is 6. The monoisotopic (exact) mass is 438 g/mol. The van der Waals surface area contributed by atoms with Crippen LogP contribution in [-0.4, -0.2) is 51.2 Å². The normalized spacial score (nSPS) is 15.9. The molecule has 0 spiro atoms. The highest BCUT2D eigenvalue weighted by atomic mass is 35.5. The molecule has 4 rings (SSSR count). The number of nitrogens with zero attached hydrogens (tertiary/aromatic N) is 6. The maximum Gasteiger partial charge on any atom is 0.274 e. The fourth-order valence-electron chi connectivity index (χ4n) is 3.76. The number of benzene rings is 1. The lowest BCUT2D eigenvalue weighted by Gasteiger charge is -2.26. The Hall–Kier alpha value is -3.26. The second-order valence-electron chi connectivity index (χ2n) is 7.71. The summed E-state index contributed by atoms with van der Waals surface area (Å²) >= 11 is 6.07. The van der Waals surface area contributed by atoms with Crippen LogP contribution in [0, 0.1) is 0 Å². The molecule has 1 saturated heterocycles. The Morgan fingerprint density at radius 3 is 2.58 bits per heavy atom. The number of carbonyl (C=O) groups is 1. The molecule has 0 aliphatic carbocycles. The van der Waals surface area contributed by atoms with Crippen molar-refractivity contribution in [2.75, 3.05) is 25.5 Å². The van der Waals surface area contributed by atoms with Gasteiger partial charge in [0.05, 0.1) is 11.7 Å². The first kappa shape index (κ1) is 21.0. The molecule has 31 heavy (non-hydrogen) atoms. The Kier molecular flexibility index (Phi) is 5.73. The third kappa shape index (κ3) is 4.16. The third-order valence-electron chi connectivity index (χ3n) is 5.37. The lowest BCUT2D eigenvalue weighted by molar-refractivity contribution is 0.0724. The van der Waals surface area contributed by atoms with E-state index in [2.05, 4.69) is 10.1 Å². The first-order chi connectivity index (χ1) is 14.8. The van der Waals surface area contributed by atoms with Crippen LogP contribution in [0.25, 0.3) is 11.1 Å². The molecule has 0 N–H and O–H groups in total. The second kappa shape index (κ2) is 8.47. The zero-order valence-corrected chi connectivity index (χ0v) is 18.4. The van der Waals surface area contributed by atoms with E-state index in [1.165, 1.54) is 23.9 Å². The Labute approximate surface area is 185 Å². The van der Waals surface area contributed by atoms with Gasteiger partial charge in [0, 0.05) is 50.5 Å². The summed E-state index contributed by atoms with van der Waals surface area (Å²) in [6, 6.07) is 10.1. The summed E-state index contributed by atoms with van der Waals surface area (Å²) in [6.07, 6.45) is 3.43. The van der Waals surface area contributed by atoms with Crippen LogP contribution in [0.15, 0.2) is 47.4 Å². The molecule has 2 aromatic heterocycles. The van der Waals surface area contributed by atoms with Gasteiger partial charge in [-0.05, 0) is 36.6 Å². The Morgan fingerprint density at radius 2 is 1.90 bits per heavy atom. The van der Waals surface area contributed by atoms with Gasteiger partial charge in [-0.3, -0.25) is 9.59 Å². The number of likely N-dealkylation sites (tertiary alicyclic amines) is 1. The largest absolute Gasteiger partial charge is 0.347 e. The van der Waals surface area contributed by atoms with E-state index < -0.39 is 0 Å². The van der Waals surface area contributed by atoms with E-state index in [0.717, 1.165) is 29.7 Å². The van der Waals surface area contributed by atoms with Crippen molar-refractivity contribution < 1.29 is 4.79 Å². The van der Waals surface area contributed by atoms with Crippen LogP contribution in [0.4, 0.5) is 5.95 Å². The highest BCUT2D eigenvalue weighted by molar-refractivity contribution is 6.30. The predicted octanol–water partition coefficient (Wildman–Crippen LogP) is 2.93. The standard InChI is InChI=1S/C22H23ClN6O2/c1-27(2)22-24-13-16(14-6-8-15(23)9-7-14)20(25-22)18-5-4-12-29(18)21(31)17-10-11-19(30)28(3)26-17/h6-11,13,18H,4-5,12H2,1-3H3/t18-/m1/s1. The van der Waals surface area contributed by atoms with Crippen molar-refractivity contribution in [2.24, 2.45) is 7.05 Å². The van der Waals surface area contributed by atoms with Gasteiger partial charge in [0.25, 0.3) is 11.5 Å². The minimum Gasteiger partial charge on any atom is -0.347 e. The van der Waals surface area contributed by atoms with E-state index in [4.69, 9.17) is 16.6 Å². The summed E-state index contributed by atoms with van der Waals surface area (Å²) in [5.41, 5.74) is 2.57. The molecule has 8 nitrogen and oxygen atoms in total. The van der Waals surface area contributed by atoms with E-state index in [9.17, 15) is 9.59 Å². The van der Waals surface area contributed by atoms with Crippen LogP contribution >= 0.6 is 11.6 Å². The van der Waals surface area contributed by atoms with E-state index in [1.807, 2.05) is 43.3 Å². The molecule has 0 saturated carbocycles. The first-order valence-electron chi connectivity index (χ1n) is 10.0. The van der Waals surface area contributed by atoms with Crippen LogP contribution in [0.5, 0.6) is 0 Å². The van der Waals surface area contributed by atoms with Crippen molar-refractivity contribution in [1.29, 1.82) is 0 Å². The minimum atomic E-state index is -0.258. The number of anilines is 1. The number of amides is 1. The van der Waals surface area contributed by atoms with Gasteiger partial charge in [-0.1, -0.05) is 23.7 Å². The summed E-state index contributed by atoms with van der Waals surface area (Å²) in [4.78, 5) is 37.9. The van der Waals surface area contributed by atoms with Crippen LogP contribution in [0.1, 0.15) is 35.1 Å². The number of rotatable bonds is 4. The minimum absolute atomic E-state index is 0.217. The number of carbonyl (C=O) groups excluding carboxylic acids is 1. The zero-order chi connectivity index (χ0) is 22.1. The van der Waals surface area contributed by atoms with Crippen LogP contribution in [-0.2, 0) is 7.05 Å². The van der Waals surface area contributed by atoms with Crippen LogP contribution in [0.3, 0.4) is 0 Å². The maximum absolute atomic E-state index is 13.3. The average molecular weight is 439 g/mol. The van der Waals surface area contributed by atoms with Crippen molar-refractivity contribution in [2.45, 2.75) is 18.9 Å². The van der Waals surface area contributed by atoms with Crippen LogP contribution in [0.2, 0.25) is 5.02 Å². The molecule has 0 radical (unpaired) electrons. The first-order valence-corrected chi connectivity index (χ1v) is 10.4. The van der Waals surface area contributed by atoms with Gasteiger partial charge < -0.3 is 9.80 Å². The van der Waals surface area contributed by atoms with E-state index in [1.54, 1.807) is 11.1 Å². The average Bonchev–Trinajstić information content (AvgIpc) is 3.25. The highest BCUT2D eigenvalue weighted by Crippen LogP contribution is 2.38. The van der Waals surface area contributed by atoms with Gasteiger partial charge in [-0.15, -0.1) is 0 Å². The number of halogens is 1. The lowest BCUT2D eigenvalue weighted by Crippen LogP contribution is -2.34. The Balaban J connectivity index is 1.78. The molecule has 1 fully saturated rings. The lowest BCUT2D eigenvalue weighted by atomic mass is 9.99. The second-order valence-corrected chi connectivity index (χ2v) is 8.14. The molecule has 0 bridgehead atoms. The number of aromatic nitrogens is 4. The SMILES string of the molecule is CN(C)c1ncc(-c2ccc(Cl)cc2)c([C@H]2CCCN2C(=O)c2ccc(=O)n(C)n2)n1. The summed E-state index contributed by atoms with van der Waals surface area (Å²) in [5.74, 6) is 0.359. The van der Waals surface area contributed by atoms with Gasteiger partial charge in [-0.25, -0.2) is 14.6 Å². The molecule has 1 aliphatic rings. The predicted molar refractivity (Wildman–Crippen MR) is 119 cm³/mol. The van der Waals surface area contributed by atoms with Gasteiger partial charge in [0.2, 0.25) is 5.95 Å². The van der Waals surface area contributed by atoms with Gasteiger partial charge >= 0.3 is 0 Å². The highest BCUT2D eigenvalue weighted by Gasteiger charge is 2.34. The fraction of sp³-hybridized carbons (Fsp3) is 0.318. The molecule has 160 valence electrons. The van der Waals surface area contributed by atoms with E-state index in [-0.39, 0.29) is 23.2 Å². The van der Waals surface area contributed by atoms with Crippen molar-refractivity contribution in [3.05, 3.63) is 69.4 Å². The van der Waals surface area contributed by atoms with E-state index >= 15 is 0 Å². The van der Waals surface area contributed by atoms with Gasteiger partial charge in [0.15, 0.2) is 0 Å². The van der Waals surface area contributed by atoms with Crippen molar-refractivity contribution in [1.82, 2.24) is 24.6 Å². The summed E-state index contributed by atoms with van der Waals surface area (Å²) in [7, 11) is 5.30. The molecular weight excluding hydrogens is 416 g/mol. The summed E-state index contributed by atoms with van der Waals surface area (Å²) in [5, 5.41) is 4.79. The molecule has 3 heterocycles. The molecule has 1 atom stereocenters. The number of aryl methyl sites for hydroxylation is 1. The topological polar surface area (TPSA) is 84.2 Å². The smallest absolute Gasteiger partial charge is 0.274 e. The maximum atomic E-state index is 13.3. The van der Waals surface area contributed by atoms with Gasteiger partial charge in [0.1, 0.15) is 5.69 Å². The summed E-state index contributed by atoms with van der Waals surface area (Å²) in [6.45, 7) is 0.593. The fourth-order valence-corrected chi connectivity index (χ4v) is 3.89. The molecule has 3 aromatic rings. The van der Waals surface area contributed by atoms with Crippen molar-refractivity contribution in [3.63, 3.8) is 0 Å². The Morgan fingerprint density at radius 1 is 1.16 bits per heavy atom. The van der Waals surface area contributed by atoms with Gasteiger partial charge in [-0.2, -0.15) is 5.10 Å². The zero-order valence-electron chi connectivity index (χ0n) is 17.6. The molecule has 1 amide bonds. The third-order valence-corrected chi connectivity index (χ3v) is 5.62. The molecule has 1 aromatic carbocycles. The molecule has 9 heteroatoms. The molecule has 1 aliphatic heterocycles. The molecular formula is C22H23ClN6O2. The van der Waals surface area contributed by atoms with Crippen LogP contribution < -0.4 is 10.5 Å².